The van der Waals surface area contributed by atoms with Gasteiger partial charge in [-0.05, 0) is 32.8 Å². The number of amides is 1. The number of aryl methyl sites for hydroxylation is 1. The van der Waals surface area contributed by atoms with E-state index >= 15 is 0 Å². The monoisotopic (exact) mass is 395 g/mol. The van der Waals surface area contributed by atoms with Crippen LogP contribution in [-0.2, 0) is 10.2 Å². The molecular weight excluding hydrogens is 366 g/mol. The Kier molecular flexibility index (Phi) is 5.30. The number of para-hydroxylation sites is 1. The first-order valence-electron chi connectivity index (χ1n) is 10.3. The van der Waals surface area contributed by atoms with Crippen molar-refractivity contribution in [3.63, 3.8) is 0 Å². The van der Waals surface area contributed by atoms with Crippen molar-refractivity contribution in [1.82, 2.24) is 14.9 Å². The minimum atomic E-state index is -0.404. The predicted molar refractivity (Wildman–Crippen MR) is 114 cm³/mol. The molecule has 1 aliphatic carbocycles. The SMILES string of the molecule is CCNc1cc(N2CCN(C(=O)C3(c4ccccc4OC)CC3)CC2)nc(C)n1. The van der Waals surface area contributed by atoms with Crippen molar-refractivity contribution in [2.75, 3.05) is 50.1 Å². The number of hydrogen-bond acceptors (Lipinski definition) is 6. The van der Waals surface area contributed by atoms with Crippen LogP contribution in [0.2, 0.25) is 0 Å². The molecule has 2 heterocycles. The summed E-state index contributed by atoms with van der Waals surface area (Å²) < 4.78 is 5.53. The van der Waals surface area contributed by atoms with Gasteiger partial charge in [-0.1, -0.05) is 18.2 Å². The zero-order valence-corrected chi connectivity index (χ0v) is 17.4. The maximum absolute atomic E-state index is 13.4. The first kappa shape index (κ1) is 19.5. The number of ether oxygens (including phenoxy) is 1. The van der Waals surface area contributed by atoms with E-state index in [9.17, 15) is 4.79 Å². The van der Waals surface area contributed by atoms with Gasteiger partial charge in [-0.3, -0.25) is 4.79 Å². The van der Waals surface area contributed by atoms with Crippen LogP contribution in [0.5, 0.6) is 5.75 Å². The zero-order chi connectivity index (χ0) is 20.4. The number of anilines is 2. The van der Waals surface area contributed by atoms with Gasteiger partial charge in [-0.25, -0.2) is 9.97 Å². The molecule has 0 unspecified atom stereocenters. The lowest BCUT2D eigenvalue weighted by Crippen LogP contribution is -2.51. The van der Waals surface area contributed by atoms with Gasteiger partial charge in [0, 0.05) is 44.4 Å². The summed E-state index contributed by atoms with van der Waals surface area (Å²) in [6.07, 6.45) is 1.78. The lowest BCUT2D eigenvalue weighted by atomic mass is 9.93. The van der Waals surface area contributed by atoms with Crippen LogP contribution in [0.4, 0.5) is 11.6 Å². The maximum atomic E-state index is 13.4. The largest absolute Gasteiger partial charge is 0.496 e. The Bertz CT molecular complexity index is 889. The summed E-state index contributed by atoms with van der Waals surface area (Å²) in [4.78, 5) is 26.7. The molecule has 0 bridgehead atoms. The average molecular weight is 396 g/mol. The molecule has 29 heavy (non-hydrogen) atoms. The third-order valence-electron chi connectivity index (χ3n) is 5.86. The van der Waals surface area contributed by atoms with Gasteiger partial charge in [0.15, 0.2) is 0 Å². The van der Waals surface area contributed by atoms with Crippen molar-refractivity contribution in [2.45, 2.75) is 32.1 Å². The Morgan fingerprint density at radius 1 is 1.17 bits per heavy atom. The van der Waals surface area contributed by atoms with Crippen LogP contribution in [-0.4, -0.2) is 60.6 Å². The summed E-state index contributed by atoms with van der Waals surface area (Å²) in [5.41, 5.74) is 0.620. The molecule has 1 saturated heterocycles. The standard InChI is InChI=1S/C22H29N5O2/c1-4-23-19-15-20(25-16(2)24-19)26-11-13-27(14-12-26)21(28)22(9-10-22)17-7-5-6-8-18(17)29-3/h5-8,15H,4,9-14H2,1-3H3,(H,23,24,25). The number of piperazine rings is 1. The van der Waals surface area contributed by atoms with E-state index in [-0.39, 0.29) is 5.91 Å². The van der Waals surface area contributed by atoms with E-state index in [0.29, 0.717) is 13.1 Å². The summed E-state index contributed by atoms with van der Waals surface area (Å²) in [7, 11) is 1.67. The molecule has 7 nitrogen and oxygen atoms in total. The minimum Gasteiger partial charge on any atom is -0.496 e. The van der Waals surface area contributed by atoms with E-state index in [0.717, 1.165) is 61.2 Å². The van der Waals surface area contributed by atoms with Gasteiger partial charge < -0.3 is 19.9 Å². The number of rotatable bonds is 6. The van der Waals surface area contributed by atoms with Crippen LogP contribution >= 0.6 is 0 Å². The molecule has 1 saturated carbocycles. The Balaban J connectivity index is 1.46. The van der Waals surface area contributed by atoms with Crippen molar-refractivity contribution in [3.05, 3.63) is 41.7 Å². The summed E-state index contributed by atoms with van der Waals surface area (Å²) >= 11 is 0. The fourth-order valence-electron chi connectivity index (χ4n) is 4.19. The number of aromatic nitrogens is 2. The molecule has 2 aromatic rings. The highest BCUT2D eigenvalue weighted by Crippen LogP contribution is 2.52. The second-order valence-electron chi connectivity index (χ2n) is 7.75. The van der Waals surface area contributed by atoms with Gasteiger partial charge in [0.1, 0.15) is 23.2 Å². The molecule has 2 fully saturated rings. The molecule has 0 radical (unpaired) electrons. The quantitative estimate of drug-likeness (QED) is 0.811. The number of hydrogen-bond donors (Lipinski definition) is 1. The summed E-state index contributed by atoms with van der Waals surface area (Å²) in [6.45, 7) is 7.74. The van der Waals surface area contributed by atoms with E-state index < -0.39 is 5.41 Å². The summed E-state index contributed by atoms with van der Waals surface area (Å²) in [5, 5.41) is 3.26. The van der Waals surface area contributed by atoms with Gasteiger partial charge >= 0.3 is 0 Å². The topological polar surface area (TPSA) is 70.6 Å². The highest BCUT2D eigenvalue weighted by Gasteiger charge is 2.54. The molecule has 1 aromatic heterocycles. The Labute approximate surface area is 172 Å². The van der Waals surface area contributed by atoms with Gasteiger partial charge in [0.05, 0.1) is 12.5 Å². The second kappa shape index (κ2) is 7.89. The molecule has 1 amide bonds. The van der Waals surface area contributed by atoms with Gasteiger partial charge in [-0.15, -0.1) is 0 Å². The number of benzene rings is 1. The second-order valence-corrected chi connectivity index (χ2v) is 7.75. The first-order chi connectivity index (χ1) is 14.1. The molecule has 7 heteroatoms. The maximum Gasteiger partial charge on any atom is 0.233 e. The number of carbonyl (C=O) groups is 1. The number of nitrogens with one attached hydrogen (secondary N) is 1. The van der Waals surface area contributed by atoms with Crippen LogP contribution in [0.3, 0.4) is 0 Å². The van der Waals surface area contributed by atoms with E-state index in [1.807, 2.05) is 42.2 Å². The fourth-order valence-corrected chi connectivity index (χ4v) is 4.19. The van der Waals surface area contributed by atoms with E-state index in [2.05, 4.69) is 27.1 Å². The third kappa shape index (κ3) is 3.73. The van der Waals surface area contributed by atoms with Crippen LogP contribution in [0.1, 0.15) is 31.2 Å². The van der Waals surface area contributed by atoms with Crippen molar-refractivity contribution in [3.8, 4) is 5.75 Å². The van der Waals surface area contributed by atoms with Crippen molar-refractivity contribution in [2.24, 2.45) is 0 Å². The number of methoxy groups -OCH3 is 1. The summed E-state index contributed by atoms with van der Waals surface area (Å²) in [5.74, 6) is 3.57. The lowest BCUT2D eigenvalue weighted by Gasteiger charge is -2.37. The Hall–Kier alpha value is -2.83. The van der Waals surface area contributed by atoms with E-state index in [4.69, 9.17) is 4.74 Å². The fraction of sp³-hybridized carbons (Fsp3) is 0.500. The van der Waals surface area contributed by atoms with Crippen LogP contribution in [0.15, 0.2) is 30.3 Å². The molecule has 0 atom stereocenters. The minimum absolute atomic E-state index is 0.230. The molecule has 1 aliphatic heterocycles. The van der Waals surface area contributed by atoms with Gasteiger partial charge in [-0.2, -0.15) is 0 Å². The molecule has 0 spiro atoms. The molecular formula is C22H29N5O2. The number of carbonyl (C=O) groups excluding carboxylic acids is 1. The average Bonchev–Trinajstić information content (AvgIpc) is 3.55. The van der Waals surface area contributed by atoms with Crippen LogP contribution in [0, 0.1) is 6.92 Å². The molecule has 1 N–H and O–H groups in total. The van der Waals surface area contributed by atoms with Crippen LogP contribution in [0.25, 0.3) is 0 Å². The van der Waals surface area contributed by atoms with E-state index in [1.54, 1.807) is 7.11 Å². The zero-order valence-electron chi connectivity index (χ0n) is 17.4. The first-order valence-corrected chi connectivity index (χ1v) is 10.3. The highest BCUT2D eigenvalue weighted by atomic mass is 16.5. The van der Waals surface area contributed by atoms with Gasteiger partial charge in [0.25, 0.3) is 0 Å². The van der Waals surface area contributed by atoms with Crippen molar-refractivity contribution in [1.29, 1.82) is 0 Å². The lowest BCUT2D eigenvalue weighted by molar-refractivity contribution is -0.134. The Morgan fingerprint density at radius 3 is 2.55 bits per heavy atom. The molecule has 2 aliphatic rings. The van der Waals surface area contributed by atoms with Gasteiger partial charge in [0.2, 0.25) is 5.91 Å². The summed E-state index contributed by atoms with van der Waals surface area (Å²) in [6, 6.07) is 9.91. The third-order valence-corrected chi connectivity index (χ3v) is 5.86. The number of nitrogens with zero attached hydrogens (tertiary/aromatic N) is 4. The highest BCUT2D eigenvalue weighted by molar-refractivity contribution is 5.92. The Morgan fingerprint density at radius 2 is 1.90 bits per heavy atom. The van der Waals surface area contributed by atoms with Crippen molar-refractivity contribution >= 4 is 17.5 Å². The normalized spacial score (nSPS) is 17.8. The molecule has 4 rings (SSSR count). The van der Waals surface area contributed by atoms with Crippen LogP contribution < -0.4 is 15.0 Å². The molecule has 1 aromatic carbocycles. The predicted octanol–water partition coefficient (Wildman–Crippen LogP) is 2.61. The van der Waals surface area contributed by atoms with Crippen molar-refractivity contribution < 1.29 is 9.53 Å². The smallest absolute Gasteiger partial charge is 0.233 e. The van der Waals surface area contributed by atoms with E-state index in [1.165, 1.54) is 0 Å². The molecule has 154 valence electrons.